The average Bonchev–Trinajstić information content (AvgIpc) is 2.67. The Morgan fingerprint density at radius 3 is 2.78 bits per heavy atom. The molecule has 2 rings (SSSR count). The van der Waals surface area contributed by atoms with E-state index in [1.807, 2.05) is 22.7 Å². The van der Waals surface area contributed by atoms with Crippen LogP contribution in [0, 0.1) is 0 Å². The lowest BCUT2D eigenvalue weighted by Crippen LogP contribution is -1.96. The summed E-state index contributed by atoms with van der Waals surface area (Å²) in [6.45, 7) is 2.23. The van der Waals surface area contributed by atoms with Gasteiger partial charge in [-0.3, -0.25) is 4.40 Å². The van der Waals surface area contributed by atoms with Crippen molar-refractivity contribution in [2.75, 3.05) is 5.73 Å². The average molecular weight is 310 g/mol. The van der Waals surface area contributed by atoms with E-state index < -0.39 is 0 Å². The van der Waals surface area contributed by atoms with Gasteiger partial charge in [-0.25, -0.2) is 4.98 Å². The Balaban J connectivity index is 2.03. The van der Waals surface area contributed by atoms with Crippen LogP contribution in [0.1, 0.15) is 44.7 Å². The van der Waals surface area contributed by atoms with Crippen LogP contribution in [-0.4, -0.2) is 9.38 Å². The van der Waals surface area contributed by atoms with Crippen LogP contribution in [0.2, 0.25) is 0 Å². The number of pyridine rings is 1. The number of hydrogen-bond acceptors (Lipinski definition) is 2. The number of nitrogen functional groups attached to an aromatic ring is 1. The highest BCUT2D eigenvalue weighted by Crippen LogP contribution is 2.20. The Bertz CT molecular complexity index is 519. The summed E-state index contributed by atoms with van der Waals surface area (Å²) in [5, 5.41) is 0. The number of imidazole rings is 1. The first-order valence-corrected chi connectivity index (χ1v) is 7.43. The van der Waals surface area contributed by atoms with Gasteiger partial charge in [0.1, 0.15) is 11.5 Å². The largest absolute Gasteiger partial charge is 0.383 e. The third-order valence-electron chi connectivity index (χ3n) is 3.21. The van der Waals surface area contributed by atoms with Crippen molar-refractivity contribution in [2.45, 2.75) is 45.4 Å². The van der Waals surface area contributed by atoms with Crippen molar-refractivity contribution >= 4 is 27.4 Å². The molecule has 0 aliphatic heterocycles. The summed E-state index contributed by atoms with van der Waals surface area (Å²) in [7, 11) is 0. The van der Waals surface area contributed by atoms with Gasteiger partial charge in [-0.15, -0.1) is 0 Å². The second-order valence-corrected chi connectivity index (χ2v) is 5.60. The Hall–Kier alpha value is -1.03. The summed E-state index contributed by atoms with van der Waals surface area (Å²) >= 11 is 3.45. The van der Waals surface area contributed by atoms with Crippen LogP contribution in [0.3, 0.4) is 0 Å². The second-order valence-electron chi connectivity index (χ2n) is 4.68. The van der Waals surface area contributed by atoms with E-state index in [4.69, 9.17) is 5.73 Å². The molecule has 2 heterocycles. The Labute approximate surface area is 117 Å². The predicted molar refractivity (Wildman–Crippen MR) is 79.8 cm³/mol. The Morgan fingerprint density at radius 1 is 1.22 bits per heavy atom. The molecular formula is C14H20BrN3. The van der Waals surface area contributed by atoms with Gasteiger partial charge in [-0.1, -0.05) is 32.6 Å². The molecule has 0 saturated carbocycles. The number of unbranched alkanes of at least 4 members (excludes halogenated alkanes) is 4. The minimum Gasteiger partial charge on any atom is -0.383 e. The van der Waals surface area contributed by atoms with E-state index in [2.05, 4.69) is 27.8 Å². The van der Waals surface area contributed by atoms with Crippen molar-refractivity contribution in [1.29, 1.82) is 0 Å². The highest BCUT2D eigenvalue weighted by atomic mass is 79.9. The van der Waals surface area contributed by atoms with Crippen molar-refractivity contribution in [2.24, 2.45) is 0 Å². The molecule has 0 unspecified atom stereocenters. The van der Waals surface area contributed by atoms with Crippen LogP contribution in [0.5, 0.6) is 0 Å². The van der Waals surface area contributed by atoms with Crippen molar-refractivity contribution in [3.8, 4) is 0 Å². The first kappa shape index (κ1) is 13.4. The zero-order valence-corrected chi connectivity index (χ0v) is 12.4. The first-order chi connectivity index (χ1) is 8.72. The molecule has 3 nitrogen and oxygen atoms in total. The molecule has 2 aromatic rings. The van der Waals surface area contributed by atoms with Gasteiger partial charge in [0.05, 0.1) is 5.69 Å². The van der Waals surface area contributed by atoms with Gasteiger partial charge < -0.3 is 5.73 Å². The molecule has 0 aliphatic rings. The van der Waals surface area contributed by atoms with Crippen molar-refractivity contribution < 1.29 is 0 Å². The summed E-state index contributed by atoms with van der Waals surface area (Å²) in [5.74, 6) is 0.779. The summed E-state index contributed by atoms with van der Waals surface area (Å²) in [4.78, 5) is 4.59. The van der Waals surface area contributed by atoms with Gasteiger partial charge in [0.15, 0.2) is 0 Å². The topological polar surface area (TPSA) is 43.3 Å². The number of aromatic nitrogens is 2. The number of fused-ring (bicyclic) bond motifs is 1. The van der Waals surface area contributed by atoms with E-state index in [-0.39, 0.29) is 0 Å². The lowest BCUT2D eigenvalue weighted by Gasteiger charge is -2.00. The van der Waals surface area contributed by atoms with Crippen LogP contribution < -0.4 is 5.73 Å². The van der Waals surface area contributed by atoms with Crippen LogP contribution >= 0.6 is 15.9 Å². The highest BCUT2D eigenvalue weighted by molar-refractivity contribution is 9.10. The molecule has 0 amide bonds. The Kier molecular flexibility index (Phi) is 4.64. The third-order valence-corrected chi connectivity index (χ3v) is 3.68. The van der Waals surface area contributed by atoms with Gasteiger partial charge in [0.2, 0.25) is 0 Å². The maximum Gasteiger partial charge on any atom is 0.138 e. The van der Waals surface area contributed by atoms with E-state index in [1.165, 1.54) is 32.1 Å². The number of aryl methyl sites for hydroxylation is 1. The summed E-state index contributed by atoms with van der Waals surface area (Å²) in [6.07, 6.45) is 9.32. The number of rotatable bonds is 6. The smallest absolute Gasteiger partial charge is 0.138 e. The molecule has 0 fully saturated rings. The number of hydrogen-bond donors (Lipinski definition) is 1. The van der Waals surface area contributed by atoms with Crippen LogP contribution in [0.4, 0.5) is 5.82 Å². The van der Waals surface area contributed by atoms with E-state index in [1.54, 1.807) is 0 Å². The molecule has 0 aromatic carbocycles. The van der Waals surface area contributed by atoms with Crippen LogP contribution in [0.25, 0.3) is 5.65 Å². The first-order valence-electron chi connectivity index (χ1n) is 6.64. The van der Waals surface area contributed by atoms with Gasteiger partial charge >= 0.3 is 0 Å². The minimum atomic E-state index is 0.779. The zero-order valence-electron chi connectivity index (χ0n) is 10.8. The standard InChI is InChI=1S/C14H20BrN3/c1-2-3-4-5-6-7-12-14(16)18-10-11(15)8-9-13(18)17-12/h8-10H,2-7,16H2,1H3. The lowest BCUT2D eigenvalue weighted by molar-refractivity contribution is 0.629. The third kappa shape index (κ3) is 3.05. The maximum atomic E-state index is 6.13. The quantitative estimate of drug-likeness (QED) is 0.813. The lowest BCUT2D eigenvalue weighted by atomic mass is 10.1. The number of nitrogens with two attached hydrogens (primary N) is 1. The number of nitrogens with zero attached hydrogens (tertiary/aromatic N) is 2. The fourth-order valence-corrected chi connectivity index (χ4v) is 2.50. The van der Waals surface area contributed by atoms with Gasteiger partial charge in [-0.05, 0) is 40.9 Å². The van der Waals surface area contributed by atoms with Crippen molar-refractivity contribution in [3.05, 3.63) is 28.5 Å². The minimum absolute atomic E-state index is 0.779. The van der Waals surface area contributed by atoms with Gasteiger partial charge in [0, 0.05) is 10.7 Å². The number of anilines is 1. The fourth-order valence-electron chi connectivity index (χ4n) is 2.17. The predicted octanol–water partition coefficient (Wildman–Crippen LogP) is 4.19. The molecule has 0 bridgehead atoms. The molecular weight excluding hydrogens is 290 g/mol. The molecule has 2 aromatic heterocycles. The molecule has 98 valence electrons. The van der Waals surface area contributed by atoms with Crippen molar-refractivity contribution in [3.63, 3.8) is 0 Å². The molecule has 0 radical (unpaired) electrons. The highest BCUT2D eigenvalue weighted by Gasteiger charge is 2.08. The number of halogens is 1. The maximum absolute atomic E-state index is 6.13. The monoisotopic (exact) mass is 309 g/mol. The molecule has 0 atom stereocenters. The summed E-state index contributed by atoms with van der Waals surface area (Å²) in [5.41, 5.74) is 8.09. The van der Waals surface area contributed by atoms with E-state index >= 15 is 0 Å². The van der Waals surface area contributed by atoms with Gasteiger partial charge in [-0.2, -0.15) is 0 Å². The molecule has 0 aliphatic carbocycles. The normalized spacial score (nSPS) is 11.2. The molecule has 0 saturated heterocycles. The Morgan fingerprint density at radius 2 is 2.00 bits per heavy atom. The second kappa shape index (κ2) is 6.23. The van der Waals surface area contributed by atoms with E-state index in [0.29, 0.717) is 0 Å². The fraction of sp³-hybridized carbons (Fsp3) is 0.500. The van der Waals surface area contributed by atoms with Gasteiger partial charge in [0.25, 0.3) is 0 Å². The SMILES string of the molecule is CCCCCCCc1nc2ccc(Br)cn2c1N. The summed E-state index contributed by atoms with van der Waals surface area (Å²) < 4.78 is 2.97. The van der Waals surface area contributed by atoms with Crippen LogP contribution in [-0.2, 0) is 6.42 Å². The molecule has 4 heteroatoms. The van der Waals surface area contributed by atoms with Crippen molar-refractivity contribution in [1.82, 2.24) is 9.38 Å². The molecule has 2 N–H and O–H groups in total. The van der Waals surface area contributed by atoms with E-state index in [9.17, 15) is 0 Å². The summed E-state index contributed by atoms with van der Waals surface area (Å²) in [6, 6.07) is 3.98. The van der Waals surface area contributed by atoms with Crippen LogP contribution in [0.15, 0.2) is 22.8 Å². The van der Waals surface area contributed by atoms with E-state index in [0.717, 1.165) is 28.1 Å². The molecule has 0 spiro atoms. The zero-order chi connectivity index (χ0) is 13.0. The molecule has 18 heavy (non-hydrogen) atoms.